The molecule has 5 heteroatoms. The van der Waals surface area contributed by atoms with E-state index in [9.17, 15) is 0 Å². The molecule has 94 valence electrons. The fraction of sp³-hybridized carbons (Fsp3) is 0.417. The number of ether oxygens (including phenoxy) is 2. The molecule has 0 aliphatic heterocycles. The molecule has 0 aliphatic carbocycles. The first-order valence-electron chi connectivity index (χ1n) is 5.30. The van der Waals surface area contributed by atoms with Crippen LogP contribution in [0.25, 0.3) is 0 Å². The monoisotopic (exact) mass is 254 g/mol. The topological polar surface area (TPSA) is 47.7 Å². The van der Waals surface area contributed by atoms with Crippen molar-refractivity contribution in [3.05, 3.63) is 23.8 Å². The van der Waals surface area contributed by atoms with E-state index < -0.39 is 0 Å². The molecule has 0 saturated carbocycles. The van der Waals surface area contributed by atoms with Crippen molar-refractivity contribution in [3.63, 3.8) is 0 Å². The van der Waals surface area contributed by atoms with Crippen LogP contribution in [0.4, 0.5) is 0 Å². The Bertz CT molecular complexity index is 394. The number of methoxy groups -OCH3 is 1. The number of nitrogens with two attached hydrogens (primary N) is 1. The highest BCUT2D eigenvalue weighted by Gasteiger charge is 2.08. The van der Waals surface area contributed by atoms with Crippen molar-refractivity contribution >= 4 is 17.2 Å². The fourth-order valence-corrected chi connectivity index (χ4v) is 1.46. The summed E-state index contributed by atoms with van der Waals surface area (Å²) in [6.45, 7) is 1.41. The lowest BCUT2D eigenvalue weighted by atomic mass is 10.2. The molecule has 0 aromatic heterocycles. The first-order chi connectivity index (χ1) is 8.04. The van der Waals surface area contributed by atoms with E-state index in [0.29, 0.717) is 17.3 Å². The van der Waals surface area contributed by atoms with E-state index in [0.717, 1.165) is 17.9 Å². The van der Waals surface area contributed by atoms with Crippen LogP contribution >= 0.6 is 12.2 Å². The second-order valence-electron chi connectivity index (χ2n) is 3.88. The molecule has 0 atom stereocenters. The third-order valence-corrected chi connectivity index (χ3v) is 2.47. The van der Waals surface area contributed by atoms with Gasteiger partial charge in [0.1, 0.15) is 23.1 Å². The minimum Gasteiger partial charge on any atom is -0.497 e. The highest BCUT2D eigenvalue weighted by atomic mass is 32.1. The molecule has 0 fully saturated rings. The standard InChI is InChI=1S/C12H18N2O2S/c1-14(2)6-7-16-11-8-9(15-3)4-5-10(11)12(13)17/h4-5,8H,6-7H2,1-3H3,(H2,13,17). The largest absolute Gasteiger partial charge is 0.497 e. The van der Waals surface area contributed by atoms with E-state index in [2.05, 4.69) is 0 Å². The van der Waals surface area contributed by atoms with Gasteiger partial charge in [-0.15, -0.1) is 0 Å². The van der Waals surface area contributed by atoms with Gasteiger partial charge in [0.05, 0.1) is 12.7 Å². The Kier molecular flexibility index (Phi) is 5.18. The zero-order valence-electron chi connectivity index (χ0n) is 10.4. The van der Waals surface area contributed by atoms with E-state index in [4.69, 9.17) is 27.4 Å². The smallest absolute Gasteiger partial charge is 0.133 e. The van der Waals surface area contributed by atoms with Crippen LogP contribution in [0.2, 0.25) is 0 Å². The zero-order chi connectivity index (χ0) is 12.8. The average molecular weight is 254 g/mol. The third kappa shape index (κ3) is 4.20. The molecule has 0 aliphatic rings. The van der Waals surface area contributed by atoms with Crippen molar-refractivity contribution in [2.24, 2.45) is 5.73 Å². The van der Waals surface area contributed by atoms with Gasteiger partial charge in [-0.25, -0.2) is 0 Å². The van der Waals surface area contributed by atoms with Gasteiger partial charge in [0.25, 0.3) is 0 Å². The average Bonchev–Trinajstić information content (AvgIpc) is 2.28. The fourth-order valence-electron chi connectivity index (χ4n) is 1.29. The van der Waals surface area contributed by atoms with Crippen molar-refractivity contribution in [1.29, 1.82) is 0 Å². The highest BCUT2D eigenvalue weighted by molar-refractivity contribution is 7.80. The molecule has 0 unspecified atom stereocenters. The Balaban J connectivity index is 2.82. The summed E-state index contributed by atoms with van der Waals surface area (Å²) in [6.07, 6.45) is 0. The third-order valence-electron chi connectivity index (χ3n) is 2.25. The molecular formula is C12H18N2O2S. The Morgan fingerprint density at radius 3 is 2.65 bits per heavy atom. The number of thiocarbonyl (C=S) groups is 1. The number of likely N-dealkylation sites (N-methyl/N-ethyl adjacent to an activating group) is 1. The molecule has 1 rings (SSSR count). The van der Waals surface area contributed by atoms with Gasteiger partial charge in [0.15, 0.2) is 0 Å². The number of hydrogen-bond donors (Lipinski definition) is 1. The quantitative estimate of drug-likeness (QED) is 0.775. The van der Waals surface area contributed by atoms with Gasteiger partial charge in [-0.2, -0.15) is 0 Å². The summed E-state index contributed by atoms with van der Waals surface area (Å²) in [5, 5.41) is 0. The van der Waals surface area contributed by atoms with E-state index in [1.165, 1.54) is 0 Å². The molecule has 0 spiro atoms. The molecule has 0 amide bonds. The lowest BCUT2D eigenvalue weighted by Gasteiger charge is -2.14. The summed E-state index contributed by atoms with van der Waals surface area (Å²) in [6, 6.07) is 5.42. The summed E-state index contributed by atoms with van der Waals surface area (Å²) >= 11 is 4.98. The molecule has 0 radical (unpaired) electrons. The Morgan fingerprint density at radius 1 is 1.41 bits per heavy atom. The maximum absolute atomic E-state index is 5.66. The molecular weight excluding hydrogens is 236 g/mol. The Labute approximate surface area is 107 Å². The van der Waals surface area contributed by atoms with E-state index in [-0.39, 0.29) is 0 Å². The second-order valence-corrected chi connectivity index (χ2v) is 4.32. The van der Waals surface area contributed by atoms with Gasteiger partial charge in [-0.05, 0) is 26.2 Å². The molecule has 0 heterocycles. The van der Waals surface area contributed by atoms with Crippen molar-refractivity contribution in [2.75, 3.05) is 34.4 Å². The molecule has 1 aromatic rings. The first-order valence-corrected chi connectivity index (χ1v) is 5.70. The van der Waals surface area contributed by atoms with Crippen LogP contribution in [0.5, 0.6) is 11.5 Å². The maximum Gasteiger partial charge on any atom is 0.133 e. The van der Waals surface area contributed by atoms with E-state index in [1.54, 1.807) is 13.2 Å². The summed E-state index contributed by atoms with van der Waals surface area (Å²) < 4.78 is 10.8. The van der Waals surface area contributed by atoms with E-state index >= 15 is 0 Å². The predicted molar refractivity (Wildman–Crippen MR) is 72.9 cm³/mol. The van der Waals surface area contributed by atoms with Crippen LogP contribution in [0.1, 0.15) is 5.56 Å². The van der Waals surface area contributed by atoms with Crippen LogP contribution in [0, 0.1) is 0 Å². The minimum absolute atomic E-state index is 0.326. The van der Waals surface area contributed by atoms with Gasteiger partial charge in [-0.1, -0.05) is 12.2 Å². The molecule has 17 heavy (non-hydrogen) atoms. The maximum atomic E-state index is 5.66. The Morgan fingerprint density at radius 2 is 2.12 bits per heavy atom. The minimum atomic E-state index is 0.326. The number of nitrogens with zero attached hydrogens (tertiary/aromatic N) is 1. The number of rotatable bonds is 6. The van der Waals surface area contributed by atoms with Crippen molar-refractivity contribution in [1.82, 2.24) is 4.90 Å². The van der Waals surface area contributed by atoms with Crippen LogP contribution < -0.4 is 15.2 Å². The van der Waals surface area contributed by atoms with E-state index in [1.807, 2.05) is 31.1 Å². The van der Waals surface area contributed by atoms with Crippen LogP contribution in [-0.2, 0) is 0 Å². The first kappa shape index (κ1) is 13.7. The van der Waals surface area contributed by atoms with Gasteiger partial charge >= 0.3 is 0 Å². The number of benzene rings is 1. The molecule has 0 bridgehead atoms. The molecule has 0 saturated heterocycles. The van der Waals surface area contributed by atoms with Gasteiger partial charge in [0.2, 0.25) is 0 Å². The summed E-state index contributed by atoms with van der Waals surface area (Å²) in [4.78, 5) is 2.37. The SMILES string of the molecule is COc1ccc(C(N)=S)c(OCCN(C)C)c1. The zero-order valence-corrected chi connectivity index (χ0v) is 11.2. The summed E-state index contributed by atoms with van der Waals surface area (Å²) in [5.74, 6) is 1.39. The molecule has 2 N–H and O–H groups in total. The van der Waals surface area contributed by atoms with Crippen molar-refractivity contribution in [2.45, 2.75) is 0 Å². The van der Waals surface area contributed by atoms with Gasteiger partial charge < -0.3 is 20.1 Å². The van der Waals surface area contributed by atoms with Crippen LogP contribution in [0.15, 0.2) is 18.2 Å². The summed E-state index contributed by atoms with van der Waals surface area (Å²) in [5.41, 5.74) is 6.37. The molecule has 1 aromatic carbocycles. The second kappa shape index (κ2) is 6.42. The number of hydrogen-bond acceptors (Lipinski definition) is 4. The lowest BCUT2D eigenvalue weighted by molar-refractivity contribution is 0.260. The lowest BCUT2D eigenvalue weighted by Crippen LogP contribution is -2.20. The van der Waals surface area contributed by atoms with Crippen molar-refractivity contribution < 1.29 is 9.47 Å². The van der Waals surface area contributed by atoms with Crippen LogP contribution in [-0.4, -0.2) is 44.2 Å². The summed E-state index contributed by atoms with van der Waals surface area (Å²) in [7, 11) is 5.59. The van der Waals surface area contributed by atoms with Crippen molar-refractivity contribution in [3.8, 4) is 11.5 Å². The van der Waals surface area contributed by atoms with Gasteiger partial charge in [0, 0.05) is 12.6 Å². The van der Waals surface area contributed by atoms with Gasteiger partial charge in [-0.3, -0.25) is 0 Å². The Hall–Kier alpha value is -1.33. The molecule has 4 nitrogen and oxygen atoms in total. The normalized spacial score (nSPS) is 10.4. The highest BCUT2D eigenvalue weighted by Crippen LogP contribution is 2.24. The predicted octanol–water partition coefficient (Wildman–Crippen LogP) is 1.27. The van der Waals surface area contributed by atoms with Crippen LogP contribution in [0.3, 0.4) is 0 Å².